The quantitative estimate of drug-likeness (QED) is 0.724. The van der Waals surface area contributed by atoms with E-state index in [9.17, 15) is 9.59 Å². The second kappa shape index (κ2) is 8.59. The van der Waals surface area contributed by atoms with Gasteiger partial charge in [0.25, 0.3) is 5.91 Å². The van der Waals surface area contributed by atoms with E-state index in [0.29, 0.717) is 22.8 Å². The minimum atomic E-state index is -0.270. The molecule has 0 saturated heterocycles. The van der Waals surface area contributed by atoms with Gasteiger partial charge in [0.2, 0.25) is 5.91 Å². The van der Waals surface area contributed by atoms with Gasteiger partial charge in [0, 0.05) is 11.3 Å². The van der Waals surface area contributed by atoms with Crippen LogP contribution in [0.25, 0.3) is 0 Å². The molecular formula is C18H23N3O2S. The van der Waals surface area contributed by atoms with E-state index in [-0.39, 0.29) is 11.8 Å². The monoisotopic (exact) mass is 345 g/mol. The maximum atomic E-state index is 12.5. The van der Waals surface area contributed by atoms with Gasteiger partial charge in [-0.15, -0.1) is 11.3 Å². The summed E-state index contributed by atoms with van der Waals surface area (Å²) >= 11 is 1.44. The molecule has 5 nitrogen and oxygen atoms in total. The predicted molar refractivity (Wildman–Crippen MR) is 98.8 cm³/mol. The lowest BCUT2D eigenvalue weighted by Gasteiger charge is -2.10. The van der Waals surface area contributed by atoms with E-state index >= 15 is 0 Å². The van der Waals surface area contributed by atoms with Crippen LogP contribution in [0.1, 0.15) is 53.5 Å². The van der Waals surface area contributed by atoms with Crippen molar-refractivity contribution in [2.75, 3.05) is 10.6 Å². The number of aromatic nitrogens is 1. The first-order chi connectivity index (χ1) is 11.5. The average molecular weight is 345 g/mol. The molecule has 2 amide bonds. The molecule has 0 aliphatic rings. The van der Waals surface area contributed by atoms with Crippen molar-refractivity contribution in [3.8, 4) is 0 Å². The molecule has 0 spiro atoms. The van der Waals surface area contributed by atoms with Gasteiger partial charge in [-0.3, -0.25) is 14.9 Å². The lowest BCUT2D eigenvalue weighted by molar-refractivity contribution is -0.116. The van der Waals surface area contributed by atoms with Gasteiger partial charge in [-0.2, -0.15) is 0 Å². The lowest BCUT2D eigenvalue weighted by Crippen LogP contribution is -2.18. The normalized spacial score (nSPS) is 10.5. The van der Waals surface area contributed by atoms with Gasteiger partial charge >= 0.3 is 0 Å². The summed E-state index contributed by atoms with van der Waals surface area (Å²) in [5, 5.41) is 6.21. The number of para-hydroxylation sites is 1. The van der Waals surface area contributed by atoms with Crippen LogP contribution in [-0.4, -0.2) is 16.8 Å². The maximum absolute atomic E-state index is 12.5. The van der Waals surface area contributed by atoms with E-state index in [1.165, 1.54) is 11.3 Å². The largest absolute Gasteiger partial charge is 0.325 e. The van der Waals surface area contributed by atoms with Gasteiger partial charge in [0.05, 0.1) is 16.9 Å². The van der Waals surface area contributed by atoms with Crippen molar-refractivity contribution in [2.45, 2.75) is 46.5 Å². The Balaban J connectivity index is 2.07. The maximum Gasteiger partial charge on any atom is 0.259 e. The molecule has 0 bridgehead atoms. The summed E-state index contributed by atoms with van der Waals surface area (Å²) in [4.78, 5) is 29.9. The van der Waals surface area contributed by atoms with E-state index in [0.717, 1.165) is 29.8 Å². The molecule has 0 unspecified atom stereocenters. The standard InChI is InChI=1S/C18H23N3O2S/c1-4-5-6-11-16(22)20-15-10-8-7-9-14(15)17(23)21-18-19-12(2)13(3)24-18/h7-10H,4-6,11H2,1-3H3,(H,20,22)(H,19,21,23). The molecule has 2 aromatic rings. The van der Waals surface area contributed by atoms with E-state index in [2.05, 4.69) is 22.5 Å². The van der Waals surface area contributed by atoms with Crippen LogP contribution in [0.2, 0.25) is 0 Å². The number of carbonyl (C=O) groups excluding carboxylic acids is 2. The summed E-state index contributed by atoms with van der Waals surface area (Å²) in [5.74, 6) is -0.335. The Morgan fingerprint density at radius 1 is 1.12 bits per heavy atom. The Morgan fingerprint density at radius 2 is 1.88 bits per heavy atom. The van der Waals surface area contributed by atoms with E-state index in [1.54, 1.807) is 24.3 Å². The van der Waals surface area contributed by atoms with Crippen LogP contribution in [0, 0.1) is 13.8 Å². The molecule has 1 heterocycles. The third-order valence-corrected chi connectivity index (χ3v) is 4.69. The zero-order valence-corrected chi connectivity index (χ0v) is 15.1. The van der Waals surface area contributed by atoms with Crippen LogP contribution in [-0.2, 0) is 4.79 Å². The molecule has 0 aliphatic heterocycles. The molecule has 0 atom stereocenters. The Bertz CT molecular complexity index is 705. The van der Waals surface area contributed by atoms with Gasteiger partial charge in [-0.1, -0.05) is 31.9 Å². The Morgan fingerprint density at radius 3 is 2.54 bits per heavy atom. The van der Waals surface area contributed by atoms with E-state index in [1.807, 2.05) is 13.8 Å². The topological polar surface area (TPSA) is 71.1 Å². The van der Waals surface area contributed by atoms with Crippen molar-refractivity contribution in [3.63, 3.8) is 0 Å². The number of amides is 2. The highest BCUT2D eigenvalue weighted by Crippen LogP contribution is 2.23. The van der Waals surface area contributed by atoms with Gasteiger partial charge < -0.3 is 5.32 Å². The van der Waals surface area contributed by atoms with Gasteiger partial charge in [0.1, 0.15) is 0 Å². The molecule has 128 valence electrons. The van der Waals surface area contributed by atoms with Crippen molar-refractivity contribution < 1.29 is 9.59 Å². The fraction of sp³-hybridized carbons (Fsp3) is 0.389. The summed E-state index contributed by atoms with van der Waals surface area (Å²) in [5.41, 5.74) is 1.88. The second-order valence-corrected chi connectivity index (χ2v) is 6.87. The predicted octanol–water partition coefficient (Wildman–Crippen LogP) is 4.53. The molecule has 1 aromatic carbocycles. The van der Waals surface area contributed by atoms with Crippen LogP contribution >= 0.6 is 11.3 Å². The van der Waals surface area contributed by atoms with Crippen molar-refractivity contribution >= 4 is 34.0 Å². The number of thiazole rings is 1. The SMILES string of the molecule is CCCCCC(=O)Nc1ccccc1C(=O)Nc1nc(C)c(C)s1. The smallest absolute Gasteiger partial charge is 0.259 e. The molecule has 2 N–H and O–H groups in total. The number of benzene rings is 1. The summed E-state index contributed by atoms with van der Waals surface area (Å²) in [7, 11) is 0. The van der Waals surface area contributed by atoms with Crippen LogP contribution in [0.15, 0.2) is 24.3 Å². The number of hydrogen-bond acceptors (Lipinski definition) is 4. The fourth-order valence-electron chi connectivity index (χ4n) is 2.23. The Kier molecular flexibility index (Phi) is 6.49. The number of carbonyl (C=O) groups is 2. The molecule has 24 heavy (non-hydrogen) atoms. The first kappa shape index (κ1) is 18.1. The number of anilines is 2. The molecular weight excluding hydrogens is 322 g/mol. The summed E-state index contributed by atoms with van der Waals surface area (Å²) in [6.07, 6.45) is 3.42. The highest BCUT2D eigenvalue weighted by atomic mass is 32.1. The lowest BCUT2D eigenvalue weighted by atomic mass is 10.1. The van der Waals surface area contributed by atoms with Crippen LogP contribution in [0.4, 0.5) is 10.8 Å². The zero-order chi connectivity index (χ0) is 17.5. The van der Waals surface area contributed by atoms with Crippen LogP contribution < -0.4 is 10.6 Å². The summed E-state index contributed by atoms with van der Waals surface area (Å²) in [6, 6.07) is 7.02. The van der Waals surface area contributed by atoms with Gasteiger partial charge in [-0.05, 0) is 32.4 Å². The van der Waals surface area contributed by atoms with Crippen molar-refractivity contribution in [2.24, 2.45) is 0 Å². The third kappa shape index (κ3) is 4.89. The second-order valence-electron chi connectivity index (χ2n) is 5.67. The zero-order valence-electron chi connectivity index (χ0n) is 14.3. The van der Waals surface area contributed by atoms with E-state index < -0.39 is 0 Å². The third-order valence-electron chi connectivity index (χ3n) is 3.70. The van der Waals surface area contributed by atoms with Gasteiger partial charge in [0.15, 0.2) is 5.13 Å². The molecule has 0 radical (unpaired) electrons. The van der Waals surface area contributed by atoms with E-state index in [4.69, 9.17) is 0 Å². The summed E-state index contributed by atoms with van der Waals surface area (Å²) < 4.78 is 0. The number of nitrogens with one attached hydrogen (secondary N) is 2. The number of unbranched alkanes of at least 4 members (excludes halogenated alkanes) is 2. The molecule has 0 aliphatic carbocycles. The van der Waals surface area contributed by atoms with Gasteiger partial charge in [-0.25, -0.2) is 4.98 Å². The molecule has 2 rings (SSSR count). The molecule has 6 heteroatoms. The first-order valence-corrected chi connectivity index (χ1v) is 8.97. The minimum Gasteiger partial charge on any atom is -0.325 e. The molecule has 0 saturated carbocycles. The van der Waals surface area contributed by atoms with Crippen LogP contribution in [0.3, 0.4) is 0 Å². The number of nitrogens with zero attached hydrogens (tertiary/aromatic N) is 1. The van der Waals surface area contributed by atoms with Crippen LogP contribution in [0.5, 0.6) is 0 Å². The highest BCUT2D eigenvalue weighted by Gasteiger charge is 2.15. The van der Waals surface area contributed by atoms with Crippen molar-refractivity contribution in [1.82, 2.24) is 4.98 Å². The molecule has 0 fully saturated rings. The first-order valence-electron chi connectivity index (χ1n) is 8.15. The van der Waals surface area contributed by atoms with Crippen molar-refractivity contribution in [3.05, 3.63) is 40.4 Å². The molecule has 1 aromatic heterocycles. The summed E-state index contributed by atoms with van der Waals surface area (Å²) in [6.45, 7) is 5.97. The average Bonchev–Trinajstić information content (AvgIpc) is 2.85. The van der Waals surface area contributed by atoms with Crippen molar-refractivity contribution in [1.29, 1.82) is 0 Å². The number of rotatable bonds is 7. The number of aryl methyl sites for hydroxylation is 2. The number of hydrogen-bond donors (Lipinski definition) is 2. The fourth-order valence-corrected chi connectivity index (χ4v) is 3.04. The highest BCUT2D eigenvalue weighted by molar-refractivity contribution is 7.15. The Labute approximate surface area is 146 Å². The minimum absolute atomic E-state index is 0.0652. The Hall–Kier alpha value is -2.21.